The first-order valence-corrected chi connectivity index (χ1v) is 6.56. The fourth-order valence-corrected chi connectivity index (χ4v) is 2.46. The van der Waals surface area contributed by atoms with Crippen LogP contribution in [-0.4, -0.2) is 29.9 Å². The third-order valence-corrected chi connectivity index (χ3v) is 3.43. The zero-order valence-electron chi connectivity index (χ0n) is 11.3. The molecule has 1 amide bonds. The van der Waals surface area contributed by atoms with Crippen molar-refractivity contribution in [3.05, 3.63) is 0 Å². The molecule has 2 N–H and O–H groups in total. The molecule has 0 aliphatic carbocycles. The van der Waals surface area contributed by atoms with Crippen molar-refractivity contribution in [3.8, 4) is 0 Å². The van der Waals surface area contributed by atoms with E-state index in [2.05, 4.69) is 18.7 Å². The van der Waals surface area contributed by atoms with Gasteiger partial charge in [0.15, 0.2) is 0 Å². The zero-order valence-corrected chi connectivity index (χ0v) is 12.1. The summed E-state index contributed by atoms with van der Waals surface area (Å²) in [6.45, 7) is 7.78. The summed E-state index contributed by atoms with van der Waals surface area (Å²) >= 11 is 0. The van der Waals surface area contributed by atoms with Crippen LogP contribution in [0, 0.1) is 11.8 Å². The smallest absolute Gasteiger partial charge is 0.226 e. The fourth-order valence-electron chi connectivity index (χ4n) is 2.46. The number of hydrogen-bond donors (Lipinski definition) is 1. The van der Waals surface area contributed by atoms with Crippen LogP contribution in [-0.2, 0) is 4.79 Å². The summed E-state index contributed by atoms with van der Waals surface area (Å²) in [7, 11) is 0. The van der Waals surface area contributed by atoms with E-state index in [0.717, 1.165) is 19.4 Å². The Bertz CT molecular complexity index is 233. The van der Waals surface area contributed by atoms with E-state index in [4.69, 9.17) is 5.73 Å². The molecule has 3 nitrogen and oxygen atoms in total. The molecule has 102 valence electrons. The van der Waals surface area contributed by atoms with Crippen molar-refractivity contribution < 1.29 is 4.79 Å². The lowest BCUT2D eigenvalue weighted by molar-refractivity contribution is -0.138. The number of likely N-dealkylation sites (tertiary alicyclic amines) is 1. The summed E-state index contributed by atoms with van der Waals surface area (Å²) < 4.78 is 0. The molecule has 2 unspecified atom stereocenters. The second-order valence-corrected chi connectivity index (χ2v) is 5.45. The Morgan fingerprint density at radius 3 is 2.53 bits per heavy atom. The van der Waals surface area contributed by atoms with Crippen LogP contribution in [0.2, 0.25) is 0 Å². The van der Waals surface area contributed by atoms with Crippen molar-refractivity contribution >= 4 is 18.3 Å². The van der Waals surface area contributed by atoms with Gasteiger partial charge in [0.1, 0.15) is 0 Å². The van der Waals surface area contributed by atoms with Gasteiger partial charge in [0, 0.05) is 25.0 Å². The Morgan fingerprint density at radius 1 is 1.35 bits per heavy atom. The topological polar surface area (TPSA) is 46.3 Å². The first kappa shape index (κ1) is 16.7. The van der Waals surface area contributed by atoms with E-state index >= 15 is 0 Å². The minimum atomic E-state index is -0.0206. The van der Waals surface area contributed by atoms with Gasteiger partial charge in [-0.1, -0.05) is 20.8 Å². The molecule has 0 aromatic rings. The monoisotopic (exact) mass is 262 g/mol. The van der Waals surface area contributed by atoms with E-state index in [0.29, 0.717) is 18.5 Å². The average molecular weight is 263 g/mol. The number of amides is 1. The maximum absolute atomic E-state index is 12.2. The van der Waals surface area contributed by atoms with Crippen LogP contribution >= 0.6 is 12.4 Å². The average Bonchev–Trinajstić information content (AvgIpc) is 2.27. The normalized spacial score (nSPS) is 22.2. The number of piperidine rings is 1. The predicted molar refractivity (Wildman–Crippen MR) is 74.3 cm³/mol. The highest BCUT2D eigenvalue weighted by Crippen LogP contribution is 2.24. The largest absolute Gasteiger partial charge is 0.339 e. The molecule has 4 heteroatoms. The van der Waals surface area contributed by atoms with Crippen LogP contribution in [0.4, 0.5) is 0 Å². The Morgan fingerprint density at radius 2 is 2.00 bits per heavy atom. The summed E-state index contributed by atoms with van der Waals surface area (Å²) in [5.74, 6) is 0.896. The van der Waals surface area contributed by atoms with E-state index < -0.39 is 0 Å². The molecule has 0 radical (unpaired) electrons. The number of carbonyl (C=O) groups excluding carboxylic acids is 1. The standard InChI is InChI=1S/C13H26N2O.ClH/c1-10(2)8-12-6-4-5-7-15(12)13(16)11(3)9-14;/h10-12H,4-9,14H2,1-3H3;1H. The molecule has 0 aromatic carbocycles. The number of rotatable bonds is 4. The molecular formula is C13H27ClN2O. The van der Waals surface area contributed by atoms with Crippen LogP contribution < -0.4 is 5.73 Å². The highest BCUT2D eigenvalue weighted by molar-refractivity contribution is 5.85. The lowest BCUT2D eigenvalue weighted by Crippen LogP contribution is -2.47. The Labute approximate surface area is 112 Å². The molecule has 0 saturated carbocycles. The first-order valence-electron chi connectivity index (χ1n) is 6.56. The van der Waals surface area contributed by atoms with Crippen LogP contribution in [0.15, 0.2) is 0 Å². The van der Waals surface area contributed by atoms with Gasteiger partial charge in [-0.05, 0) is 31.6 Å². The van der Waals surface area contributed by atoms with Gasteiger partial charge in [0.25, 0.3) is 0 Å². The molecule has 2 atom stereocenters. The second kappa shape index (κ2) is 7.93. The van der Waals surface area contributed by atoms with Gasteiger partial charge >= 0.3 is 0 Å². The van der Waals surface area contributed by atoms with Crippen molar-refractivity contribution in [1.82, 2.24) is 4.90 Å². The number of carbonyl (C=O) groups is 1. The number of hydrogen-bond acceptors (Lipinski definition) is 2. The van der Waals surface area contributed by atoms with Gasteiger partial charge < -0.3 is 10.6 Å². The molecule has 1 rings (SSSR count). The minimum Gasteiger partial charge on any atom is -0.339 e. The Hall–Kier alpha value is -0.280. The second-order valence-electron chi connectivity index (χ2n) is 5.45. The van der Waals surface area contributed by atoms with E-state index in [1.54, 1.807) is 0 Å². The molecule has 0 spiro atoms. The van der Waals surface area contributed by atoms with Crippen LogP contribution in [0.1, 0.15) is 46.5 Å². The van der Waals surface area contributed by atoms with Gasteiger partial charge in [0.2, 0.25) is 5.91 Å². The maximum Gasteiger partial charge on any atom is 0.226 e. The van der Waals surface area contributed by atoms with Gasteiger partial charge in [-0.3, -0.25) is 4.79 Å². The van der Waals surface area contributed by atoms with Crippen molar-refractivity contribution in [2.45, 2.75) is 52.5 Å². The van der Waals surface area contributed by atoms with Gasteiger partial charge in [-0.25, -0.2) is 0 Å². The van der Waals surface area contributed by atoms with Gasteiger partial charge in [-0.2, -0.15) is 0 Å². The molecule has 0 bridgehead atoms. The Kier molecular flexibility index (Phi) is 7.80. The summed E-state index contributed by atoms with van der Waals surface area (Å²) in [5.41, 5.74) is 5.58. The summed E-state index contributed by atoms with van der Waals surface area (Å²) in [6, 6.07) is 0.454. The number of halogens is 1. The van der Waals surface area contributed by atoms with Crippen LogP contribution in [0.25, 0.3) is 0 Å². The summed E-state index contributed by atoms with van der Waals surface area (Å²) in [4.78, 5) is 14.3. The number of nitrogens with two attached hydrogens (primary N) is 1. The Balaban J connectivity index is 0.00000256. The van der Waals surface area contributed by atoms with Crippen molar-refractivity contribution in [2.75, 3.05) is 13.1 Å². The zero-order chi connectivity index (χ0) is 12.1. The molecular weight excluding hydrogens is 236 g/mol. The van der Waals surface area contributed by atoms with Gasteiger partial charge in [0.05, 0.1) is 0 Å². The lowest BCUT2D eigenvalue weighted by atomic mass is 9.93. The van der Waals surface area contributed by atoms with Crippen molar-refractivity contribution in [3.63, 3.8) is 0 Å². The molecule has 0 aromatic heterocycles. The molecule has 1 heterocycles. The van der Waals surface area contributed by atoms with Gasteiger partial charge in [-0.15, -0.1) is 12.4 Å². The SMILES string of the molecule is CC(C)CC1CCCCN1C(=O)C(C)CN.Cl. The molecule has 1 aliphatic rings. The summed E-state index contributed by atoms with van der Waals surface area (Å²) in [6.07, 6.45) is 4.71. The highest BCUT2D eigenvalue weighted by atomic mass is 35.5. The van der Waals surface area contributed by atoms with Crippen LogP contribution in [0.3, 0.4) is 0 Å². The quantitative estimate of drug-likeness (QED) is 0.846. The third kappa shape index (κ3) is 4.84. The van der Waals surface area contributed by atoms with E-state index in [9.17, 15) is 4.79 Å². The third-order valence-electron chi connectivity index (χ3n) is 3.43. The van der Waals surface area contributed by atoms with E-state index in [-0.39, 0.29) is 24.2 Å². The highest BCUT2D eigenvalue weighted by Gasteiger charge is 2.29. The van der Waals surface area contributed by atoms with Crippen LogP contribution in [0.5, 0.6) is 0 Å². The molecule has 17 heavy (non-hydrogen) atoms. The molecule has 1 saturated heterocycles. The van der Waals surface area contributed by atoms with E-state index in [1.165, 1.54) is 12.8 Å². The van der Waals surface area contributed by atoms with Crippen molar-refractivity contribution in [1.29, 1.82) is 0 Å². The fraction of sp³-hybridized carbons (Fsp3) is 0.923. The summed E-state index contributed by atoms with van der Waals surface area (Å²) in [5, 5.41) is 0. The molecule has 1 fully saturated rings. The van der Waals surface area contributed by atoms with E-state index in [1.807, 2.05) is 6.92 Å². The molecule has 1 aliphatic heterocycles. The minimum absolute atomic E-state index is 0. The van der Waals surface area contributed by atoms with Crippen molar-refractivity contribution in [2.24, 2.45) is 17.6 Å². The predicted octanol–water partition coefficient (Wildman–Crippen LogP) is 2.43. The number of nitrogens with zero attached hydrogens (tertiary/aromatic N) is 1. The lowest BCUT2D eigenvalue weighted by Gasteiger charge is -2.38. The first-order chi connectivity index (χ1) is 7.56. The maximum atomic E-state index is 12.2.